The van der Waals surface area contributed by atoms with Crippen LogP contribution in [0, 0.1) is 0 Å². The first kappa shape index (κ1) is 11.6. The molecule has 0 fully saturated rings. The summed E-state index contributed by atoms with van der Waals surface area (Å²) in [5.41, 5.74) is 12.4. The topological polar surface area (TPSA) is 118 Å². The van der Waals surface area contributed by atoms with E-state index in [1.54, 1.807) is 26.6 Å². The van der Waals surface area contributed by atoms with Gasteiger partial charge in [0.05, 0.1) is 38.0 Å². The smallest absolute Gasteiger partial charge is 0.221 e. The van der Waals surface area contributed by atoms with E-state index in [0.29, 0.717) is 24.9 Å². The van der Waals surface area contributed by atoms with E-state index >= 15 is 0 Å². The van der Waals surface area contributed by atoms with Gasteiger partial charge in [0.15, 0.2) is 0 Å². The zero-order chi connectivity index (χ0) is 12.4. The van der Waals surface area contributed by atoms with Crippen LogP contribution in [0.1, 0.15) is 0 Å². The third-order valence-corrected chi connectivity index (χ3v) is 2.49. The molecule has 0 spiro atoms. The lowest BCUT2D eigenvalue weighted by atomic mass is 10.5. The van der Waals surface area contributed by atoms with Crippen molar-refractivity contribution >= 4 is 17.3 Å². The molecule has 6 N–H and O–H groups in total. The second-order valence-electron chi connectivity index (χ2n) is 3.61. The highest BCUT2D eigenvalue weighted by Gasteiger charge is 2.14. The van der Waals surface area contributed by atoms with Crippen molar-refractivity contribution in [2.75, 3.05) is 42.8 Å². The molecule has 0 saturated heterocycles. The summed E-state index contributed by atoms with van der Waals surface area (Å²) >= 11 is 0. The molecule has 2 aromatic heterocycles. The summed E-state index contributed by atoms with van der Waals surface area (Å²) in [4.78, 5) is 5.57. The summed E-state index contributed by atoms with van der Waals surface area (Å²) in [5, 5.41) is 19.7. The molecule has 2 heterocycles. The zero-order valence-electron chi connectivity index (χ0n) is 9.32. The van der Waals surface area contributed by atoms with Crippen LogP contribution in [0.5, 0.6) is 0 Å². The summed E-state index contributed by atoms with van der Waals surface area (Å²) < 4.78 is 1.63. The second-order valence-corrected chi connectivity index (χ2v) is 3.61. The van der Waals surface area contributed by atoms with Crippen molar-refractivity contribution in [3.63, 3.8) is 0 Å². The van der Waals surface area contributed by atoms with Gasteiger partial charge in [0.25, 0.3) is 0 Å². The maximum absolute atomic E-state index is 9.01. The van der Waals surface area contributed by atoms with Gasteiger partial charge in [-0.25, -0.2) is 4.98 Å². The Morgan fingerprint density at radius 3 is 2.47 bits per heavy atom. The van der Waals surface area contributed by atoms with E-state index in [0.717, 1.165) is 5.52 Å². The van der Waals surface area contributed by atoms with Gasteiger partial charge in [-0.05, 0) is 0 Å². The van der Waals surface area contributed by atoms with Crippen LogP contribution < -0.4 is 16.5 Å². The molecule has 0 aliphatic rings. The zero-order valence-corrected chi connectivity index (χ0v) is 9.32. The maximum atomic E-state index is 9.01. The first-order chi connectivity index (χ1) is 8.19. The molecule has 0 aliphatic carbocycles. The first-order valence-electron chi connectivity index (χ1n) is 5.26. The number of hydrogen-bond acceptors (Lipinski definition) is 6. The number of nitrogens with zero attached hydrogens (tertiary/aromatic N) is 4. The lowest BCUT2D eigenvalue weighted by molar-refractivity contribution is 0.260. The number of rotatable bonds is 5. The third kappa shape index (κ3) is 1.87. The second kappa shape index (κ2) is 4.52. The van der Waals surface area contributed by atoms with Gasteiger partial charge in [0, 0.05) is 6.07 Å². The van der Waals surface area contributed by atoms with Crippen LogP contribution in [0.15, 0.2) is 12.3 Å². The van der Waals surface area contributed by atoms with Gasteiger partial charge < -0.3 is 21.7 Å². The van der Waals surface area contributed by atoms with Crippen molar-refractivity contribution in [1.82, 2.24) is 14.3 Å². The van der Waals surface area contributed by atoms with Crippen LogP contribution in [0.4, 0.5) is 11.8 Å². The molecule has 0 radical (unpaired) electrons. The molecule has 8 nitrogen and oxygen atoms in total. The Bertz CT molecular complexity index is 499. The molecule has 17 heavy (non-hydrogen) atoms. The quantitative estimate of drug-likeness (QED) is 0.491. The largest absolute Gasteiger partial charge is 0.394 e. The molecular weight excluding hydrogens is 224 g/mol. The Labute approximate surface area is 97.6 Å². The van der Waals surface area contributed by atoms with Crippen LogP contribution in [0.2, 0.25) is 0 Å². The number of nitrogen functional groups attached to an aromatic ring is 2. The van der Waals surface area contributed by atoms with Gasteiger partial charge in [0.2, 0.25) is 5.95 Å². The van der Waals surface area contributed by atoms with E-state index in [1.807, 2.05) is 0 Å². The van der Waals surface area contributed by atoms with Gasteiger partial charge in [0.1, 0.15) is 5.82 Å². The van der Waals surface area contributed by atoms with Gasteiger partial charge in [-0.3, -0.25) is 5.01 Å². The molecule has 0 bridgehead atoms. The van der Waals surface area contributed by atoms with Crippen molar-refractivity contribution in [2.45, 2.75) is 0 Å². The Morgan fingerprint density at radius 1 is 1.24 bits per heavy atom. The molecular formula is C9H16N6O2. The fourth-order valence-corrected chi connectivity index (χ4v) is 1.83. The number of aromatic nitrogens is 3. The average molecular weight is 240 g/mol. The molecule has 0 amide bonds. The highest BCUT2D eigenvalue weighted by atomic mass is 16.3. The van der Waals surface area contributed by atoms with E-state index in [2.05, 4.69) is 4.98 Å². The van der Waals surface area contributed by atoms with Crippen LogP contribution in [0.25, 0.3) is 5.52 Å². The summed E-state index contributed by atoms with van der Waals surface area (Å²) in [7, 11) is 0. The van der Waals surface area contributed by atoms with Gasteiger partial charge in [-0.2, -0.15) is 9.31 Å². The summed E-state index contributed by atoms with van der Waals surface area (Å²) in [6, 6.07) is 1.73. The number of aliphatic hydroxyl groups is 2. The van der Waals surface area contributed by atoms with E-state index < -0.39 is 0 Å². The molecule has 0 unspecified atom stereocenters. The number of imidazole rings is 1. The fourth-order valence-electron chi connectivity index (χ4n) is 1.83. The van der Waals surface area contributed by atoms with Crippen LogP contribution in [0.3, 0.4) is 0 Å². The van der Waals surface area contributed by atoms with Crippen molar-refractivity contribution in [1.29, 1.82) is 0 Å². The normalized spacial score (nSPS) is 11.2. The fraction of sp³-hybridized carbons (Fsp3) is 0.444. The van der Waals surface area contributed by atoms with Crippen LogP contribution in [-0.2, 0) is 0 Å². The Hall–Kier alpha value is -1.93. The molecule has 0 aromatic carbocycles. The SMILES string of the molecule is Nc1cc2cnc(N)n2n1N(CCO)CCO. The highest BCUT2D eigenvalue weighted by molar-refractivity contribution is 5.57. The van der Waals surface area contributed by atoms with Crippen molar-refractivity contribution in [3.05, 3.63) is 12.3 Å². The molecule has 94 valence electrons. The maximum Gasteiger partial charge on any atom is 0.221 e. The number of fused-ring (bicyclic) bond motifs is 1. The highest BCUT2D eigenvalue weighted by Crippen LogP contribution is 2.16. The Morgan fingerprint density at radius 2 is 1.88 bits per heavy atom. The molecule has 2 rings (SSSR count). The van der Waals surface area contributed by atoms with Crippen molar-refractivity contribution in [2.24, 2.45) is 0 Å². The van der Waals surface area contributed by atoms with Gasteiger partial charge in [-0.15, -0.1) is 0 Å². The van der Waals surface area contributed by atoms with Crippen molar-refractivity contribution < 1.29 is 10.2 Å². The summed E-state index contributed by atoms with van der Waals surface area (Å²) in [6.45, 7) is 0.583. The lowest BCUT2D eigenvalue weighted by Crippen LogP contribution is -2.42. The van der Waals surface area contributed by atoms with E-state index in [4.69, 9.17) is 21.7 Å². The first-order valence-corrected chi connectivity index (χ1v) is 5.26. The predicted octanol–water partition coefficient (Wildman–Crippen LogP) is -1.78. The standard InChI is InChI=1S/C9H16N6O2/c10-8-5-7-6-12-9(11)14(7)15(8)13(1-3-16)2-4-17/h5-6,16-17H,1-4,10H2,(H2,11,12). The molecule has 0 aliphatic heterocycles. The third-order valence-electron chi connectivity index (χ3n) is 2.49. The van der Waals surface area contributed by atoms with Crippen LogP contribution in [-0.4, -0.2) is 50.8 Å². The lowest BCUT2D eigenvalue weighted by Gasteiger charge is -2.25. The van der Waals surface area contributed by atoms with Crippen LogP contribution >= 0.6 is 0 Å². The average Bonchev–Trinajstić information content (AvgIpc) is 2.78. The Kier molecular flexibility index (Phi) is 3.07. The van der Waals surface area contributed by atoms with E-state index in [1.165, 1.54) is 0 Å². The predicted molar refractivity (Wildman–Crippen MR) is 64.1 cm³/mol. The van der Waals surface area contributed by atoms with Gasteiger partial charge >= 0.3 is 0 Å². The van der Waals surface area contributed by atoms with E-state index in [9.17, 15) is 0 Å². The molecule has 0 atom stereocenters. The number of anilines is 2. The Balaban J connectivity index is 2.49. The molecule has 8 heteroatoms. The monoisotopic (exact) mass is 240 g/mol. The minimum absolute atomic E-state index is 0.0479. The summed E-state index contributed by atoms with van der Waals surface area (Å²) in [6.07, 6.45) is 1.61. The molecule has 0 saturated carbocycles. The minimum Gasteiger partial charge on any atom is -0.394 e. The molecule has 2 aromatic rings. The van der Waals surface area contributed by atoms with E-state index in [-0.39, 0.29) is 13.2 Å². The number of aliphatic hydroxyl groups excluding tert-OH is 2. The van der Waals surface area contributed by atoms with Gasteiger partial charge in [-0.1, -0.05) is 0 Å². The summed E-state index contributed by atoms with van der Waals surface area (Å²) in [5.74, 6) is 0.772. The minimum atomic E-state index is -0.0479. The number of hydrogen-bond donors (Lipinski definition) is 4. The van der Waals surface area contributed by atoms with Crippen molar-refractivity contribution in [3.8, 4) is 0 Å². The number of nitrogens with two attached hydrogens (primary N) is 2.